The van der Waals surface area contributed by atoms with Gasteiger partial charge >= 0.3 is 21.1 Å². The van der Waals surface area contributed by atoms with Crippen molar-refractivity contribution in [2.45, 2.75) is 85.5 Å². The van der Waals surface area contributed by atoms with Crippen molar-refractivity contribution in [3.05, 3.63) is 254 Å². The van der Waals surface area contributed by atoms with Crippen LogP contribution in [0.1, 0.15) is 84.6 Å². The van der Waals surface area contributed by atoms with Crippen LogP contribution >= 0.6 is 0 Å². The van der Waals surface area contributed by atoms with Gasteiger partial charge < -0.3 is 18.8 Å². The van der Waals surface area contributed by atoms with E-state index in [0.29, 0.717) is 5.75 Å². The van der Waals surface area contributed by atoms with Crippen LogP contribution < -0.4 is 9.64 Å². The number of hydrogen-bond acceptors (Lipinski definition) is 3. The SMILES string of the molecule is Cc1c(Oc2[c-]c(N3[CH-]n4c5c(-c6cc(C(C)(C)C)cc(C(C)(C)C)c6)cccc5c5ccccc5c5cc6c7ccccc7n(-c7ccccc7)c6cc5c5cccc3c54)ccc2)ccc2c3ccccc3n(-c3cc(C(C)(C)C)ccn3)c12.[Pt+2]. The molecule has 15 rings (SSSR count). The van der Waals surface area contributed by atoms with E-state index in [0.717, 1.165) is 88.9 Å². The summed E-state index contributed by atoms with van der Waals surface area (Å²) < 4.78 is 14.3. The number of benzene rings is 10. The Labute approximate surface area is 517 Å². The van der Waals surface area contributed by atoms with Crippen LogP contribution in [0.5, 0.6) is 11.5 Å². The Bertz CT molecular complexity index is 5120. The smallest absolute Gasteiger partial charge is 0.483 e. The second kappa shape index (κ2) is 20.3. The first-order chi connectivity index (χ1) is 41.0. The van der Waals surface area contributed by atoms with Crippen molar-refractivity contribution in [3.8, 4) is 34.1 Å². The summed E-state index contributed by atoms with van der Waals surface area (Å²) in [7, 11) is 0. The van der Waals surface area contributed by atoms with Gasteiger partial charge in [0.05, 0.1) is 22.1 Å². The van der Waals surface area contributed by atoms with Crippen LogP contribution in [0, 0.1) is 19.7 Å². The number of hydrogen-bond donors (Lipinski definition) is 0. The van der Waals surface area contributed by atoms with E-state index < -0.39 is 0 Å². The van der Waals surface area contributed by atoms with Crippen LogP contribution in [-0.2, 0) is 37.3 Å². The molecule has 0 bridgehead atoms. The molecule has 14 aromatic rings. The maximum atomic E-state index is 7.08. The van der Waals surface area contributed by atoms with E-state index in [1.54, 1.807) is 0 Å². The summed E-state index contributed by atoms with van der Waals surface area (Å²) in [6.07, 6.45) is 1.94. The number of rotatable bonds is 6. The summed E-state index contributed by atoms with van der Waals surface area (Å²) in [5.41, 5.74) is 16.7. The van der Waals surface area contributed by atoms with Crippen molar-refractivity contribution >= 4 is 98.3 Å². The Morgan fingerprint density at radius 2 is 1.00 bits per heavy atom. The number of anilines is 2. The van der Waals surface area contributed by atoms with E-state index >= 15 is 0 Å². The molecule has 0 N–H and O–H groups in total. The Hall–Kier alpha value is -9.09. The first-order valence-corrected chi connectivity index (χ1v) is 29.8. The van der Waals surface area contributed by atoms with Crippen LogP contribution in [-0.4, -0.2) is 18.7 Å². The van der Waals surface area contributed by atoms with Gasteiger partial charge in [0.1, 0.15) is 11.6 Å². The fourth-order valence-corrected chi connectivity index (χ4v) is 13.3. The molecule has 1 aliphatic rings. The van der Waals surface area contributed by atoms with E-state index in [2.05, 4.69) is 307 Å². The predicted molar refractivity (Wildman–Crippen MR) is 358 cm³/mol. The van der Waals surface area contributed by atoms with Gasteiger partial charge in [-0.05, 0) is 168 Å². The average Bonchev–Trinajstić information content (AvgIpc) is 1.87. The molecule has 4 aromatic heterocycles. The molecule has 0 saturated carbocycles. The molecule has 0 atom stereocenters. The van der Waals surface area contributed by atoms with Crippen LogP contribution in [0.25, 0.3) is 110 Å². The molecule has 86 heavy (non-hydrogen) atoms. The molecule has 0 unspecified atom stereocenters. The zero-order valence-corrected chi connectivity index (χ0v) is 52.6. The van der Waals surface area contributed by atoms with E-state index in [4.69, 9.17) is 9.72 Å². The zero-order chi connectivity index (χ0) is 58.3. The Morgan fingerprint density at radius 1 is 0.430 bits per heavy atom. The molecule has 424 valence electrons. The van der Waals surface area contributed by atoms with Gasteiger partial charge in [-0.2, -0.15) is 6.07 Å². The van der Waals surface area contributed by atoms with Crippen LogP contribution in [0.2, 0.25) is 0 Å². The summed E-state index contributed by atoms with van der Waals surface area (Å²) >= 11 is 0. The van der Waals surface area contributed by atoms with Crippen LogP contribution in [0.15, 0.2) is 219 Å². The first kappa shape index (κ1) is 54.8. The van der Waals surface area contributed by atoms with Crippen molar-refractivity contribution < 1.29 is 25.8 Å². The number of fused-ring (bicyclic) bond motifs is 13. The number of ether oxygens (including phenoxy) is 1. The second-order valence-electron chi connectivity index (χ2n) is 26.3. The minimum atomic E-state index is -0.0885. The van der Waals surface area contributed by atoms with E-state index in [1.807, 2.05) is 12.3 Å². The minimum Gasteiger partial charge on any atom is -0.483 e. The molecule has 0 fully saturated rings. The van der Waals surface area contributed by atoms with E-state index in [1.165, 1.54) is 60.1 Å². The monoisotopic (exact) mass is 1300 g/mol. The molecule has 5 heterocycles. The number of aromatic nitrogens is 4. The Morgan fingerprint density at radius 3 is 1.70 bits per heavy atom. The standard InChI is InChI=1S/C79H67N5O.Pt/c1-49-72(38-37-64-60-29-16-19-35-69(60)84(74(49)64)73-44-51(39-40-80-73)77(2,3)4)85-56-26-20-25-55(45-56)81-48-82-75-57(50-41-52(78(5,6)7)43-53(42-50)79(8,9)10)31-21-32-62(75)58-27-14-15-28-59(58)65-46-67-61-30-17-18-34-68(61)83(54-23-12-11-13-24-54)71(67)47-66(65)63-33-22-36-70(81)76(63)82;/h11-44,46-48H,1-10H3;/q-2;+2. The molecule has 1 aliphatic heterocycles. The van der Waals surface area contributed by atoms with Gasteiger partial charge in [-0.1, -0.05) is 195 Å². The fourth-order valence-electron chi connectivity index (χ4n) is 13.3. The van der Waals surface area contributed by atoms with Gasteiger partial charge in [0, 0.05) is 50.4 Å². The molecule has 0 saturated heterocycles. The van der Waals surface area contributed by atoms with Crippen molar-refractivity contribution in [1.29, 1.82) is 0 Å². The molecule has 6 nitrogen and oxygen atoms in total. The molecule has 0 amide bonds. The van der Waals surface area contributed by atoms with Crippen molar-refractivity contribution in [3.63, 3.8) is 0 Å². The summed E-state index contributed by atoms with van der Waals surface area (Å²) in [6, 6.07) is 82.0. The van der Waals surface area contributed by atoms with E-state index in [9.17, 15) is 0 Å². The van der Waals surface area contributed by atoms with Gasteiger partial charge in [0.15, 0.2) is 0 Å². The van der Waals surface area contributed by atoms with Crippen LogP contribution in [0.4, 0.5) is 11.4 Å². The maximum Gasteiger partial charge on any atom is 2.00 e. The third-order valence-electron chi connectivity index (χ3n) is 17.7. The molecule has 0 spiro atoms. The van der Waals surface area contributed by atoms with Crippen molar-refractivity contribution in [2.75, 3.05) is 4.90 Å². The predicted octanol–water partition coefficient (Wildman–Crippen LogP) is 21.4. The third-order valence-corrected chi connectivity index (χ3v) is 17.7. The zero-order valence-electron chi connectivity index (χ0n) is 50.3. The third kappa shape index (κ3) is 8.86. The number of aryl methyl sites for hydroxylation is 1. The first-order valence-electron chi connectivity index (χ1n) is 29.8. The topological polar surface area (TPSA) is 40.1 Å². The number of nitrogens with zero attached hydrogens (tertiary/aromatic N) is 5. The van der Waals surface area contributed by atoms with Gasteiger partial charge in [-0.25, -0.2) is 4.98 Å². The van der Waals surface area contributed by atoms with Gasteiger partial charge in [-0.3, -0.25) is 4.57 Å². The molecule has 10 aromatic carbocycles. The fraction of sp³-hybridized carbons (Fsp3) is 0.165. The van der Waals surface area contributed by atoms with Gasteiger partial charge in [0.25, 0.3) is 0 Å². The number of pyridine rings is 1. The van der Waals surface area contributed by atoms with Crippen molar-refractivity contribution in [2.24, 2.45) is 0 Å². The molecule has 7 heteroatoms. The Kier molecular flexibility index (Phi) is 12.9. The van der Waals surface area contributed by atoms with Gasteiger partial charge in [-0.15, -0.1) is 18.2 Å². The second-order valence-corrected chi connectivity index (χ2v) is 26.3. The quantitative estimate of drug-likeness (QED) is 0.156. The summed E-state index contributed by atoms with van der Waals surface area (Å²) in [4.78, 5) is 7.31. The Balaban J connectivity index is 0.00000653. The van der Waals surface area contributed by atoms with Crippen molar-refractivity contribution in [1.82, 2.24) is 18.7 Å². The molecule has 0 aliphatic carbocycles. The summed E-state index contributed by atoms with van der Waals surface area (Å²) in [6.45, 7) is 25.2. The molecular formula is C79H67N5OPt. The molecule has 0 radical (unpaired) electrons. The number of para-hydroxylation sites is 5. The summed E-state index contributed by atoms with van der Waals surface area (Å²) in [5.74, 6) is 2.26. The van der Waals surface area contributed by atoms with Crippen LogP contribution in [0.3, 0.4) is 0 Å². The summed E-state index contributed by atoms with van der Waals surface area (Å²) in [5, 5.41) is 11.7. The average molecular weight is 1300 g/mol. The normalized spacial score (nSPS) is 12.7. The largest absolute Gasteiger partial charge is 2.00 e. The van der Waals surface area contributed by atoms with E-state index in [-0.39, 0.29) is 37.3 Å². The molecular weight excluding hydrogens is 1230 g/mol. The maximum absolute atomic E-state index is 7.08. The minimum absolute atomic E-state index is 0. The van der Waals surface area contributed by atoms with Gasteiger partial charge in [0.2, 0.25) is 0 Å².